The van der Waals surface area contributed by atoms with E-state index in [-0.39, 0.29) is 5.91 Å². The van der Waals surface area contributed by atoms with Gasteiger partial charge in [0.1, 0.15) is 0 Å². The molecule has 0 radical (unpaired) electrons. The summed E-state index contributed by atoms with van der Waals surface area (Å²) in [6, 6.07) is 7.49. The Bertz CT molecular complexity index is 452. The minimum atomic E-state index is -0.528. The van der Waals surface area contributed by atoms with Crippen molar-refractivity contribution in [1.29, 1.82) is 0 Å². The van der Waals surface area contributed by atoms with E-state index in [9.17, 15) is 4.79 Å². The van der Waals surface area contributed by atoms with Crippen molar-refractivity contribution in [2.45, 2.75) is 48.3 Å². The van der Waals surface area contributed by atoms with Crippen LogP contribution in [0, 0.1) is 0 Å². The van der Waals surface area contributed by atoms with Crippen LogP contribution in [0.4, 0.5) is 5.69 Å². The van der Waals surface area contributed by atoms with Gasteiger partial charge in [-0.25, -0.2) is 0 Å². The van der Waals surface area contributed by atoms with Crippen molar-refractivity contribution >= 4 is 23.4 Å². The normalized spacial score (nSPS) is 16.9. The summed E-state index contributed by atoms with van der Waals surface area (Å²) in [4.78, 5) is 13.0. The minimum absolute atomic E-state index is 0.166. The highest BCUT2D eigenvalue weighted by atomic mass is 32.2. The first-order chi connectivity index (χ1) is 9.69. The number of hydrogen-bond donors (Lipinski definition) is 2. The first-order valence-electron chi connectivity index (χ1n) is 7.13. The molecule has 0 saturated heterocycles. The maximum Gasteiger partial charge on any atom is 0.241 e. The van der Waals surface area contributed by atoms with Gasteiger partial charge in [0.2, 0.25) is 5.91 Å². The summed E-state index contributed by atoms with van der Waals surface area (Å²) in [5.41, 5.74) is 6.52. The highest BCUT2D eigenvalue weighted by Crippen LogP contribution is 2.34. The van der Waals surface area contributed by atoms with Crippen LogP contribution in [0.2, 0.25) is 0 Å². The number of carbonyl (C=O) groups excluding carboxylic acids is 1. The van der Waals surface area contributed by atoms with Crippen molar-refractivity contribution in [2.75, 3.05) is 5.32 Å². The fraction of sp³-hybridized carbons (Fsp3) is 0.438. The van der Waals surface area contributed by atoms with Gasteiger partial charge >= 0.3 is 0 Å². The fourth-order valence-electron chi connectivity index (χ4n) is 2.34. The van der Waals surface area contributed by atoms with Gasteiger partial charge in [0, 0.05) is 15.8 Å². The molecule has 1 aromatic carbocycles. The van der Waals surface area contributed by atoms with Gasteiger partial charge in [-0.2, -0.15) is 0 Å². The highest BCUT2D eigenvalue weighted by molar-refractivity contribution is 8.00. The molecule has 4 heteroatoms. The summed E-state index contributed by atoms with van der Waals surface area (Å²) in [6.45, 7) is 3.59. The Kier molecular flexibility index (Phi) is 5.68. The van der Waals surface area contributed by atoms with E-state index >= 15 is 0 Å². The van der Waals surface area contributed by atoms with E-state index in [1.54, 1.807) is 6.08 Å². The molecule has 1 unspecified atom stereocenters. The Morgan fingerprint density at radius 1 is 1.40 bits per heavy atom. The predicted octanol–water partition coefficient (Wildman–Crippen LogP) is 3.56. The zero-order chi connectivity index (χ0) is 14.4. The van der Waals surface area contributed by atoms with Crippen molar-refractivity contribution < 1.29 is 4.79 Å². The van der Waals surface area contributed by atoms with Gasteiger partial charge < -0.3 is 11.1 Å². The summed E-state index contributed by atoms with van der Waals surface area (Å²) in [5, 5.41) is 3.59. The van der Waals surface area contributed by atoms with E-state index in [4.69, 9.17) is 5.73 Å². The summed E-state index contributed by atoms with van der Waals surface area (Å²) in [7, 11) is 0. The third-order valence-electron chi connectivity index (χ3n) is 3.48. The molecule has 1 atom stereocenters. The van der Waals surface area contributed by atoms with Crippen LogP contribution in [0.5, 0.6) is 0 Å². The second kappa shape index (κ2) is 7.50. The van der Waals surface area contributed by atoms with E-state index in [1.807, 2.05) is 23.9 Å². The number of carbonyl (C=O) groups is 1. The molecule has 1 aliphatic carbocycles. The van der Waals surface area contributed by atoms with Crippen molar-refractivity contribution in [1.82, 2.24) is 0 Å². The van der Waals surface area contributed by atoms with Crippen LogP contribution in [0.25, 0.3) is 0 Å². The fourth-order valence-corrected chi connectivity index (χ4v) is 3.58. The van der Waals surface area contributed by atoms with Gasteiger partial charge in [-0.05, 0) is 43.5 Å². The molecule has 0 heterocycles. The van der Waals surface area contributed by atoms with Crippen LogP contribution >= 0.6 is 11.8 Å². The minimum Gasteiger partial charge on any atom is -0.325 e. The van der Waals surface area contributed by atoms with Crippen LogP contribution in [-0.2, 0) is 4.79 Å². The van der Waals surface area contributed by atoms with Gasteiger partial charge in [-0.15, -0.1) is 18.3 Å². The van der Waals surface area contributed by atoms with E-state index in [1.165, 1.54) is 30.6 Å². The summed E-state index contributed by atoms with van der Waals surface area (Å²) < 4.78 is 0. The maximum absolute atomic E-state index is 11.8. The van der Waals surface area contributed by atoms with Crippen LogP contribution in [0.1, 0.15) is 32.1 Å². The van der Waals surface area contributed by atoms with Gasteiger partial charge in [-0.3, -0.25) is 4.79 Å². The predicted molar refractivity (Wildman–Crippen MR) is 86.0 cm³/mol. The molecule has 1 amide bonds. The molecule has 0 bridgehead atoms. The molecule has 1 aromatic rings. The Hall–Kier alpha value is -1.26. The van der Waals surface area contributed by atoms with Gasteiger partial charge in [0.15, 0.2) is 0 Å². The molecule has 20 heavy (non-hydrogen) atoms. The largest absolute Gasteiger partial charge is 0.325 e. The van der Waals surface area contributed by atoms with Crippen molar-refractivity contribution in [3.8, 4) is 0 Å². The molecule has 1 saturated carbocycles. The van der Waals surface area contributed by atoms with Gasteiger partial charge in [0.05, 0.1) is 6.04 Å². The highest BCUT2D eigenvalue weighted by Gasteiger charge is 2.16. The van der Waals surface area contributed by atoms with Gasteiger partial charge in [0.25, 0.3) is 0 Å². The quantitative estimate of drug-likeness (QED) is 0.788. The molecule has 0 spiro atoms. The Labute approximate surface area is 125 Å². The number of hydrogen-bond acceptors (Lipinski definition) is 3. The van der Waals surface area contributed by atoms with E-state index in [0.29, 0.717) is 6.42 Å². The third kappa shape index (κ3) is 4.39. The maximum atomic E-state index is 11.8. The second-order valence-corrected chi connectivity index (χ2v) is 6.54. The monoisotopic (exact) mass is 290 g/mol. The summed E-state index contributed by atoms with van der Waals surface area (Å²) in [5.74, 6) is -0.166. The third-order valence-corrected chi connectivity index (χ3v) is 4.83. The Balaban J connectivity index is 1.87. The van der Waals surface area contributed by atoms with Gasteiger partial charge in [-0.1, -0.05) is 18.9 Å². The zero-order valence-electron chi connectivity index (χ0n) is 11.7. The van der Waals surface area contributed by atoms with E-state index in [0.717, 1.165) is 10.9 Å². The van der Waals surface area contributed by atoms with Crippen molar-refractivity contribution in [2.24, 2.45) is 5.73 Å². The first kappa shape index (κ1) is 15.1. The van der Waals surface area contributed by atoms with Crippen LogP contribution in [0.3, 0.4) is 0 Å². The van der Waals surface area contributed by atoms with Crippen molar-refractivity contribution in [3.05, 3.63) is 36.9 Å². The number of thioether (sulfide) groups is 1. The average Bonchev–Trinajstić information content (AvgIpc) is 2.94. The molecule has 2 rings (SSSR count). The summed E-state index contributed by atoms with van der Waals surface area (Å²) >= 11 is 1.94. The lowest BCUT2D eigenvalue weighted by atomic mass is 10.2. The number of anilines is 1. The lowest BCUT2D eigenvalue weighted by Crippen LogP contribution is -2.35. The number of amides is 1. The Morgan fingerprint density at radius 2 is 2.05 bits per heavy atom. The lowest BCUT2D eigenvalue weighted by molar-refractivity contribution is -0.117. The standard InChI is InChI=1S/C16H22N2OS/c1-2-5-15(17)16(19)18-12-8-10-14(11-9-12)20-13-6-3-4-7-13/h2,8-11,13,15H,1,3-7,17H2,(H,18,19). The van der Waals surface area contributed by atoms with Crippen LogP contribution in [0.15, 0.2) is 41.8 Å². The molecule has 0 aromatic heterocycles. The molecule has 108 valence electrons. The van der Waals surface area contributed by atoms with Crippen molar-refractivity contribution in [3.63, 3.8) is 0 Å². The first-order valence-corrected chi connectivity index (χ1v) is 8.01. The zero-order valence-corrected chi connectivity index (χ0v) is 12.5. The molecular weight excluding hydrogens is 268 g/mol. The smallest absolute Gasteiger partial charge is 0.241 e. The number of rotatable bonds is 6. The number of benzene rings is 1. The molecule has 3 N–H and O–H groups in total. The second-order valence-electron chi connectivity index (χ2n) is 5.17. The van der Waals surface area contributed by atoms with Crippen LogP contribution in [-0.4, -0.2) is 17.2 Å². The lowest BCUT2D eigenvalue weighted by Gasteiger charge is -2.12. The topological polar surface area (TPSA) is 55.1 Å². The molecule has 0 aliphatic heterocycles. The van der Waals surface area contributed by atoms with E-state index in [2.05, 4.69) is 24.0 Å². The number of nitrogens with two attached hydrogens (primary N) is 1. The SMILES string of the molecule is C=CCC(N)C(=O)Nc1ccc(SC2CCCC2)cc1. The molecule has 1 aliphatic rings. The average molecular weight is 290 g/mol. The summed E-state index contributed by atoms with van der Waals surface area (Å²) in [6.07, 6.45) is 7.49. The Morgan fingerprint density at radius 3 is 2.65 bits per heavy atom. The molecule has 1 fully saturated rings. The van der Waals surface area contributed by atoms with E-state index < -0.39 is 6.04 Å². The molecule has 3 nitrogen and oxygen atoms in total. The van der Waals surface area contributed by atoms with Crippen LogP contribution < -0.4 is 11.1 Å². The number of nitrogens with one attached hydrogen (secondary N) is 1. The molecular formula is C16H22N2OS.